The Morgan fingerprint density at radius 2 is 1.86 bits per heavy atom. The zero-order chi connectivity index (χ0) is 20.8. The Kier molecular flexibility index (Phi) is 6.82. The summed E-state index contributed by atoms with van der Waals surface area (Å²) in [5.41, 5.74) is 4.01. The van der Waals surface area contributed by atoms with Gasteiger partial charge in [-0.3, -0.25) is 9.59 Å². The van der Waals surface area contributed by atoms with E-state index in [-0.39, 0.29) is 24.8 Å². The van der Waals surface area contributed by atoms with E-state index in [2.05, 4.69) is 44.5 Å². The molecule has 7 heteroatoms. The summed E-state index contributed by atoms with van der Waals surface area (Å²) < 4.78 is 6.54. The number of aromatic nitrogens is 1. The molecular formula is C22H22BrN3O3. The topological polar surface area (TPSA) is 84.2 Å². The minimum absolute atomic E-state index is 0.0976. The zero-order valence-electron chi connectivity index (χ0n) is 16.3. The van der Waals surface area contributed by atoms with E-state index in [1.54, 1.807) is 12.3 Å². The number of halogens is 1. The Hall–Kier alpha value is -2.93. The van der Waals surface area contributed by atoms with Crippen molar-refractivity contribution in [3.63, 3.8) is 0 Å². The van der Waals surface area contributed by atoms with Crippen LogP contribution in [0.3, 0.4) is 0 Å². The quantitative estimate of drug-likeness (QED) is 0.552. The van der Waals surface area contributed by atoms with Crippen molar-refractivity contribution in [2.24, 2.45) is 0 Å². The number of carbonyl (C=O) groups is 2. The van der Waals surface area contributed by atoms with Gasteiger partial charge >= 0.3 is 0 Å². The molecule has 6 nitrogen and oxygen atoms in total. The fourth-order valence-corrected chi connectivity index (χ4v) is 3.08. The van der Waals surface area contributed by atoms with Crippen LogP contribution in [0.1, 0.15) is 23.4 Å². The highest BCUT2D eigenvalue weighted by Gasteiger charge is 2.11. The van der Waals surface area contributed by atoms with E-state index in [1.165, 1.54) is 11.1 Å². The van der Waals surface area contributed by atoms with Crippen LogP contribution in [-0.2, 0) is 16.0 Å². The lowest BCUT2D eigenvalue weighted by Gasteiger charge is -2.08. The van der Waals surface area contributed by atoms with Crippen molar-refractivity contribution < 1.29 is 14.0 Å². The number of nitrogens with one attached hydrogen (secondary N) is 2. The zero-order valence-corrected chi connectivity index (χ0v) is 17.9. The second kappa shape index (κ2) is 9.52. The molecule has 29 heavy (non-hydrogen) atoms. The van der Waals surface area contributed by atoms with Gasteiger partial charge in [0.2, 0.25) is 11.8 Å². The summed E-state index contributed by atoms with van der Waals surface area (Å²) in [6.07, 6.45) is 2.22. The van der Waals surface area contributed by atoms with Gasteiger partial charge in [0.25, 0.3) is 0 Å². The first kappa shape index (κ1) is 20.8. The highest BCUT2D eigenvalue weighted by atomic mass is 79.9. The van der Waals surface area contributed by atoms with Gasteiger partial charge in [-0.2, -0.15) is 0 Å². The van der Waals surface area contributed by atoms with Gasteiger partial charge in [0, 0.05) is 22.9 Å². The molecule has 1 aromatic heterocycles. The fraction of sp³-hybridized carbons (Fsp3) is 0.227. The summed E-state index contributed by atoms with van der Waals surface area (Å²) >= 11 is 3.36. The fourth-order valence-electron chi connectivity index (χ4n) is 2.70. The van der Waals surface area contributed by atoms with Gasteiger partial charge in [0.05, 0.1) is 18.4 Å². The first-order valence-electron chi connectivity index (χ1n) is 9.26. The van der Waals surface area contributed by atoms with Crippen molar-refractivity contribution in [2.45, 2.75) is 26.7 Å². The number of para-hydroxylation sites is 1. The molecule has 0 saturated heterocycles. The van der Waals surface area contributed by atoms with Gasteiger partial charge in [0.15, 0.2) is 11.7 Å². The van der Waals surface area contributed by atoms with Crippen molar-refractivity contribution in [1.29, 1.82) is 0 Å². The van der Waals surface area contributed by atoms with Crippen LogP contribution in [-0.4, -0.2) is 23.3 Å². The van der Waals surface area contributed by atoms with Crippen LogP contribution in [0.4, 0.5) is 5.69 Å². The Labute approximate surface area is 177 Å². The largest absolute Gasteiger partial charge is 0.441 e. The summed E-state index contributed by atoms with van der Waals surface area (Å²) in [7, 11) is 0. The van der Waals surface area contributed by atoms with Gasteiger partial charge in [-0.25, -0.2) is 4.98 Å². The van der Waals surface area contributed by atoms with E-state index >= 15 is 0 Å². The number of oxazole rings is 1. The third-order valence-corrected chi connectivity index (χ3v) is 5.20. The monoisotopic (exact) mass is 455 g/mol. The van der Waals surface area contributed by atoms with E-state index in [9.17, 15) is 9.59 Å². The number of rotatable bonds is 7. The van der Waals surface area contributed by atoms with Gasteiger partial charge < -0.3 is 15.1 Å². The molecule has 3 rings (SSSR count). The van der Waals surface area contributed by atoms with E-state index in [4.69, 9.17) is 4.42 Å². The lowest BCUT2D eigenvalue weighted by Crippen LogP contribution is -2.33. The molecule has 1 heterocycles. The number of carbonyl (C=O) groups excluding carboxylic acids is 2. The van der Waals surface area contributed by atoms with E-state index in [0.29, 0.717) is 23.8 Å². The summed E-state index contributed by atoms with van der Waals surface area (Å²) in [6.45, 7) is 4.01. The van der Waals surface area contributed by atoms with Crippen LogP contribution < -0.4 is 10.6 Å². The summed E-state index contributed by atoms with van der Waals surface area (Å²) in [5.74, 6) is 0.638. The normalized spacial score (nSPS) is 10.6. The maximum absolute atomic E-state index is 12.0. The molecule has 0 spiro atoms. The summed E-state index contributed by atoms with van der Waals surface area (Å²) in [5, 5.41) is 5.35. The molecule has 0 radical (unpaired) electrons. The second-order valence-electron chi connectivity index (χ2n) is 6.72. The third kappa shape index (κ3) is 5.77. The first-order valence-corrected chi connectivity index (χ1v) is 10.0. The highest BCUT2D eigenvalue weighted by molar-refractivity contribution is 9.10. The van der Waals surface area contributed by atoms with Crippen molar-refractivity contribution >= 4 is 33.4 Å². The standard InChI is InChI=1S/C22H22BrN3O3/c1-14-7-8-16(11-15(14)2)19-12-25-22(29-19)10-9-20(27)24-13-21(28)26-18-6-4-3-5-17(18)23/h3-8,11-12H,9-10,13H2,1-2H3,(H,24,27)(H,26,28). The highest BCUT2D eigenvalue weighted by Crippen LogP contribution is 2.23. The number of aryl methyl sites for hydroxylation is 3. The van der Waals surface area contributed by atoms with Crippen molar-refractivity contribution in [1.82, 2.24) is 10.3 Å². The van der Waals surface area contributed by atoms with Gasteiger partial charge in [-0.15, -0.1) is 0 Å². The molecular weight excluding hydrogens is 434 g/mol. The first-order chi connectivity index (χ1) is 13.9. The van der Waals surface area contributed by atoms with Crippen LogP contribution >= 0.6 is 15.9 Å². The SMILES string of the molecule is Cc1ccc(-c2cnc(CCC(=O)NCC(=O)Nc3ccccc3Br)o2)cc1C. The average Bonchev–Trinajstić information content (AvgIpc) is 3.18. The third-order valence-electron chi connectivity index (χ3n) is 4.50. The molecule has 0 aliphatic rings. The van der Waals surface area contributed by atoms with Crippen LogP contribution in [0, 0.1) is 13.8 Å². The van der Waals surface area contributed by atoms with E-state index in [0.717, 1.165) is 10.0 Å². The molecule has 150 valence electrons. The van der Waals surface area contributed by atoms with Crippen molar-refractivity contribution in [3.05, 3.63) is 70.2 Å². The van der Waals surface area contributed by atoms with Crippen LogP contribution in [0.15, 0.2) is 57.6 Å². The molecule has 3 aromatic rings. The lowest BCUT2D eigenvalue weighted by atomic mass is 10.1. The molecule has 0 fully saturated rings. The minimum Gasteiger partial charge on any atom is -0.441 e. The molecule has 0 atom stereocenters. The summed E-state index contributed by atoms with van der Waals surface area (Å²) in [4.78, 5) is 28.3. The van der Waals surface area contributed by atoms with E-state index in [1.807, 2.05) is 37.3 Å². The number of hydrogen-bond acceptors (Lipinski definition) is 4. The van der Waals surface area contributed by atoms with Gasteiger partial charge in [-0.05, 0) is 59.1 Å². The Balaban J connectivity index is 1.46. The predicted molar refractivity (Wildman–Crippen MR) is 116 cm³/mol. The molecule has 2 amide bonds. The Morgan fingerprint density at radius 3 is 2.62 bits per heavy atom. The van der Waals surface area contributed by atoms with Crippen LogP contribution in [0.2, 0.25) is 0 Å². The number of benzene rings is 2. The van der Waals surface area contributed by atoms with Crippen molar-refractivity contribution in [3.8, 4) is 11.3 Å². The van der Waals surface area contributed by atoms with E-state index < -0.39 is 0 Å². The molecule has 0 saturated carbocycles. The molecule has 0 aliphatic heterocycles. The van der Waals surface area contributed by atoms with Crippen LogP contribution in [0.5, 0.6) is 0 Å². The predicted octanol–water partition coefficient (Wildman–Crippen LogP) is 4.41. The molecule has 2 aromatic carbocycles. The lowest BCUT2D eigenvalue weighted by molar-refractivity contribution is -0.124. The number of anilines is 1. The average molecular weight is 456 g/mol. The molecule has 0 unspecified atom stereocenters. The number of nitrogens with zero attached hydrogens (tertiary/aromatic N) is 1. The minimum atomic E-state index is -0.293. The van der Waals surface area contributed by atoms with Crippen molar-refractivity contribution in [2.75, 3.05) is 11.9 Å². The molecule has 0 bridgehead atoms. The van der Waals surface area contributed by atoms with Gasteiger partial charge in [0.1, 0.15) is 0 Å². The summed E-state index contributed by atoms with van der Waals surface area (Å²) in [6, 6.07) is 13.4. The van der Waals surface area contributed by atoms with Crippen LogP contribution in [0.25, 0.3) is 11.3 Å². The Bertz CT molecular complexity index is 1030. The second-order valence-corrected chi connectivity index (χ2v) is 7.58. The number of amides is 2. The number of hydrogen-bond donors (Lipinski definition) is 2. The molecule has 0 aliphatic carbocycles. The Morgan fingerprint density at radius 1 is 1.07 bits per heavy atom. The maximum Gasteiger partial charge on any atom is 0.243 e. The van der Waals surface area contributed by atoms with Gasteiger partial charge in [-0.1, -0.05) is 24.3 Å². The molecule has 2 N–H and O–H groups in total. The maximum atomic E-state index is 12.0. The smallest absolute Gasteiger partial charge is 0.243 e.